The van der Waals surface area contributed by atoms with Gasteiger partial charge in [-0.25, -0.2) is 0 Å². The summed E-state index contributed by atoms with van der Waals surface area (Å²) < 4.78 is 6.20. The lowest BCUT2D eigenvalue weighted by Gasteiger charge is -2.07. The van der Waals surface area contributed by atoms with E-state index in [1.165, 1.54) is 0 Å². The highest BCUT2D eigenvalue weighted by atomic mass is 79.9. The van der Waals surface area contributed by atoms with Crippen molar-refractivity contribution in [2.75, 3.05) is 7.11 Å². The van der Waals surface area contributed by atoms with Crippen LogP contribution in [0.25, 0.3) is 0 Å². The van der Waals surface area contributed by atoms with Crippen molar-refractivity contribution in [2.24, 2.45) is 0 Å². The van der Waals surface area contributed by atoms with E-state index in [0.717, 1.165) is 21.4 Å². The number of hydrogen-bond acceptors (Lipinski definition) is 2. The van der Waals surface area contributed by atoms with Gasteiger partial charge in [-0.1, -0.05) is 75.7 Å². The predicted octanol–water partition coefficient (Wildman–Crippen LogP) is 7.56. The molecule has 0 unspecified atom stereocenters. The van der Waals surface area contributed by atoms with Crippen LogP contribution in [0.2, 0.25) is 0 Å². The zero-order valence-corrected chi connectivity index (χ0v) is 19.2. The Bertz CT molecular complexity index is 503. The molecular formula is C22H37BrO2. The highest BCUT2D eigenvalue weighted by Crippen LogP contribution is 2.24. The molecule has 0 spiro atoms. The van der Waals surface area contributed by atoms with E-state index in [9.17, 15) is 4.79 Å². The second kappa shape index (κ2) is 20.7. The molecular weight excluding hydrogens is 376 g/mol. The first-order valence-corrected chi connectivity index (χ1v) is 10.1. The van der Waals surface area contributed by atoms with Gasteiger partial charge >= 0.3 is 0 Å². The molecule has 0 fully saturated rings. The van der Waals surface area contributed by atoms with Crippen LogP contribution >= 0.6 is 15.9 Å². The fraction of sp³-hybridized carbons (Fsp3) is 0.500. The Hall–Kier alpha value is -1.35. The molecule has 1 aromatic carbocycles. The summed E-state index contributed by atoms with van der Waals surface area (Å²) in [6.07, 6.45) is 6.78. The van der Waals surface area contributed by atoms with Crippen LogP contribution in [0, 0.1) is 0 Å². The van der Waals surface area contributed by atoms with Crippen LogP contribution in [0.3, 0.4) is 0 Å². The number of ether oxygens (including phenoxy) is 1. The Balaban J connectivity index is -0.000000725. The molecule has 0 aromatic heterocycles. The van der Waals surface area contributed by atoms with E-state index in [4.69, 9.17) is 4.74 Å². The maximum atomic E-state index is 12.0. The third-order valence-corrected chi connectivity index (χ3v) is 3.63. The number of ketones is 1. The van der Waals surface area contributed by atoms with Crippen molar-refractivity contribution in [2.45, 2.75) is 68.2 Å². The van der Waals surface area contributed by atoms with Gasteiger partial charge < -0.3 is 4.74 Å². The van der Waals surface area contributed by atoms with Gasteiger partial charge in [-0.3, -0.25) is 4.79 Å². The highest BCUT2D eigenvalue weighted by Gasteiger charge is 2.08. The molecule has 0 aliphatic heterocycles. The number of rotatable bonds is 6. The van der Waals surface area contributed by atoms with Crippen molar-refractivity contribution >= 4 is 21.7 Å². The van der Waals surface area contributed by atoms with Crippen molar-refractivity contribution in [3.8, 4) is 5.75 Å². The minimum atomic E-state index is 0.162. The number of carbonyl (C=O) groups is 1. The first kappa shape index (κ1) is 28.5. The van der Waals surface area contributed by atoms with Crippen molar-refractivity contribution in [1.29, 1.82) is 0 Å². The van der Waals surface area contributed by atoms with Gasteiger partial charge in [-0.05, 0) is 44.0 Å². The molecule has 1 rings (SSSR count). The maximum Gasteiger partial charge on any atom is 0.162 e. The lowest BCUT2D eigenvalue weighted by atomic mass is 10.0. The van der Waals surface area contributed by atoms with Gasteiger partial charge in [0.15, 0.2) is 5.78 Å². The summed E-state index contributed by atoms with van der Waals surface area (Å²) in [5, 5.41) is 0. The van der Waals surface area contributed by atoms with E-state index in [-0.39, 0.29) is 5.78 Å². The van der Waals surface area contributed by atoms with Gasteiger partial charge in [0.2, 0.25) is 0 Å². The van der Waals surface area contributed by atoms with E-state index in [2.05, 4.69) is 15.9 Å². The molecule has 0 N–H and O–H groups in total. The molecule has 0 amide bonds. The number of halogens is 1. The molecule has 0 radical (unpaired) electrons. The quantitative estimate of drug-likeness (QED) is 0.355. The van der Waals surface area contributed by atoms with E-state index < -0.39 is 0 Å². The lowest BCUT2D eigenvalue weighted by molar-refractivity contribution is -0.115. The number of Topliss-reactive ketones (excluding diaryl/α,β-unsaturated/α-hetero) is 1. The Labute approximate surface area is 164 Å². The Kier molecular flexibility index (Phi) is 23.6. The minimum Gasteiger partial charge on any atom is -0.497 e. The molecule has 0 bridgehead atoms. The van der Waals surface area contributed by atoms with Gasteiger partial charge in [-0.15, -0.1) is 0 Å². The van der Waals surface area contributed by atoms with E-state index in [1.807, 2.05) is 91.8 Å². The Morgan fingerprint density at radius 3 is 2.08 bits per heavy atom. The van der Waals surface area contributed by atoms with E-state index >= 15 is 0 Å². The molecule has 0 aliphatic rings. The molecule has 25 heavy (non-hydrogen) atoms. The molecule has 1 aromatic rings. The van der Waals surface area contributed by atoms with Crippen LogP contribution in [0.15, 0.2) is 46.5 Å². The summed E-state index contributed by atoms with van der Waals surface area (Å²) in [7, 11) is 1.64. The number of methoxy groups -OCH3 is 1. The zero-order chi connectivity index (χ0) is 20.3. The summed E-state index contributed by atoms with van der Waals surface area (Å²) >= 11 is 3.50. The molecule has 3 heteroatoms. The van der Waals surface area contributed by atoms with Crippen LogP contribution < -0.4 is 4.74 Å². The molecule has 144 valence electrons. The molecule has 0 aliphatic carbocycles. The summed E-state index contributed by atoms with van der Waals surface area (Å²) in [4.78, 5) is 12.0. The van der Waals surface area contributed by atoms with Gasteiger partial charge in [0.1, 0.15) is 5.75 Å². The van der Waals surface area contributed by atoms with Crippen LogP contribution in [0.4, 0.5) is 0 Å². The second-order valence-electron chi connectivity index (χ2n) is 4.12. The number of hydrogen-bond donors (Lipinski definition) is 0. The van der Waals surface area contributed by atoms with Crippen LogP contribution in [-0.2, 0) is 11.2 Å². The molecule has 0 saturated heterocycles. The van der Waals surface area contributed by atoms with E-state index in [1.54, 1.807) is 7.11 Å². The fourth-order valence-electron chi connectivity index (χ4n) is 1.79. The second-order valence-corrected chi connectivity index (χ2v) is 4.98. The monoisotopic (exact) mass is 412 g/mol. The molecule has 2 nitrogen and oxygen atoms in total. The molecule has 0 saturated carbocycles. The average Bonchev–Trinajstić information content (AvgIpc) is 2.69. The summed E-state index contributed by atoms with van der Waals surface area (Å²) in [5.41, 5.74) is 1.85. The van der Waals surface area contributed by atoms with Crippen LogP contribution in [0.1, 0.15) is 67.4 Å². The minimum absolute atomic E-state index is 0.162. The SMILES string of the molecule is C/C=C\C(=C/C)C(=O)CCc1cc(OC)ccc1Br.CC.CC.CC. The normalized spacial score (nSPS) is 9.76. The van der Waals surface area contributed by atoms with E-state index in [0.29, 0.717) is 12.8 Å². The predicted molar refractivity (Wildman–Crippen MR) is 117 cm³/mol. The summed E-state index contributed by atoms with van der Waals surface area (Å²) in [5.74, 6) is 0.973. The van der Waals surface area contributed by atoms with Gasteiger partial charge in [-0.2, -0.15) is 0 Å². The molecule has 0 atom stereocenters. The van der Waals surface area contributed by atoms with Crippen molar-refractivity contribution < 1.29 is 9.53 Å². The Morgan fingerprint density at radius 1 is 1.08 bits per heavy atom. The third kappa shape index (κ3) is 12.6. The van der Waals surface area contributed by atoms with Crippen molar-refractivity contribution in [1.82, 2.24) is 0 Å². The average molecular weight is 413 g/mol. The Morgan fingerprint density at radius 2 is 1.64 bits per heavy atom. The number of benzene rings is 1. The summed E-state index contributed by atoms with van der Waals surface area (Å²) in [6, 6.07) is 5.80. The summed E-state index contributed by atoms with van der Waals surface area (Å²) in [6.45, 7) is 15.8. The number of aryl methyl sites for hydroxylation is 1. The van der Waals surface area contributed by atoms with Crippen LogP contribution in [-0.4, -0.2) is 12.9 Å². The fourth-order valence-corrected chi connectivity index (χ4v) is 2.24. The highest BCUT2D eigenvalue weighted by molar-refractivity contribution is 9.10. The van der Waals surface area contributed by atoms with Gasteiger partial charge in [0.05, 0.1) is 7.11 Å². The number of allylic oxidation sites excluding steroid dienone is 4. The van der Waals surface area contributed by atoms with Gasteiger partial charge in [0.25, 0.3) is 0 Å². The van der Waals surface area contributed by atoms with Gasteiger partial charge in [0, 0.05) is 16.5 Å². The maximum absolute atomic E-state index is 12.0. The first-order valence-electron chi connectivity index (χ1n) is 9.27. The smallest absolute Gasteiger partial charge is 0.162 e. The first-order chi connectivity index (χ1) is 12.1. The lowest BCUT2D eigenvalue weighted by Crippen LogP contribution is -2.03. The van der Waals surface area contributed by atoms with Crippen molar-refractivity contribution in [3.05, 3.63) is 52.0 Å². The third-order valence-electron chi connectivity index (χ3n) is 2.85. The number of carbonyl (C=O) groups excluding carboxylic acids is 1. The topological polar surface area (TPSA) is 26.3 Å². The van der Waals surface area contributed by atoms with Crippen molar-refractivity contribution in [3.63, 3.8) is 0 Å². The standard InChI is InChI=1S/C16H19BrO2.3C2H6/c1-4-6-12(5-2)16(18)10-7-13-11-14(19-3)8-9-15(13)17;3*1-2/h4-6,8-9,11H,7,10H2,1-3H3;3*1-2H3/b6-4-,12-5+;;;. The molecule has 0 heterocycles. The largest absolute Gasteiger partial charge is 0.497 e. The zero-order valence-electron chi connectivity index (χ0n) is 17.6. The van der Waals surface area contributed by atoms with Crippen LogP contribution in [0.5, 0.6) is 5.75 Å².